The highest BCUT2D eigenvalue weighted by Gasteiger charge is 2.16. The predicted molar refractivity (Wildman–Crippen MR) is 40.4 cm³/mol. The summed E-state index contributed by atoms with van der Waals surface area (Å²) in [6, 6.07) is 0. The summed E-state index contributed by atoms with van der Waals surface area (Å²) in [5.41, 5.74) is 0. The Morgan fingerprint density at radius 1 is 1.50 bits per heavy atom. The summed E-state index contributed by atoms with van der Waals surface area (Å²) in [7, 11) is 0. The van der Waals surface area contributed by atoms with Crippen LogP contribution in [0.2, 0.25) is 0 Å². The highest BCUT2D eigenvalue weighted by Crippen LogP contribution is 2.31. The molecule has 0 aromatic carbocycles. The summed E-state index contributed by atoms with van der Waals surface area (Å²) in [5, 5.41) is 1.05. The van der Waals surface area contributed by atoms with E-state index in [1.807, 2.05) is 0 Å². The zero-order chi connectivity index (χ0) is 5.82. The number of thioether (sulfide) groups is 1. The number of hydrogen-bond acceptors (Lipinski definition) is 1. The maximum Gasteiger partial charge on any atom is 0.00470 e. The van der Waals surface area contributed by atoms with Gasteiger partial charge in [-0.3, -0.25) is 0 Å². The summed E-state index contributed by atoms with van der Waals surface area (Å²) in [6.45, 7) is 2.26. The highest BCUT2D eigenvalue weighted by molar-refractivity contribution is 7.99. The number of rotatable bonds is 3. The molecule has 0 atom stereocenters. The summed E-state index contributed by atoms with van der Waals surface area (Å²) in [6.07, 6.45) is 5.82. The molecule has 0 aromatic heterocycles. The molecule has 0 bridgehead atoms. The summed E-state index contributed by atoms with van der Waals surface area (Å²) >= 11 is 2.16. The van der Waals surface area contributed by atoms with Crippen molar-refractivity contribution < 1.29 is 0 Å². The van der Waals surface area contributed by atoms with Crippen molar-refractivity contribution in [3.8, 4) is 0 Å². The van der Waals surface area contributed by atoms with E-state index in [-0.39, 0.29) is 0 Å². The molecule has 8 heavy (non-hydrogen) atoms. The first kappa shape index (κ1) is 6.47. The second-order valence-corrected chi connectivity index (χ2v) is 3.83. The van der Waals surface area contributed by atoms with E-state index in [9.17, 15) is 0 Å². The van der Waals surface area contributed by atoms with Crippen LogP contribution in [0.3, 0.4) is 0 Å². The second kappa shape index (κ2) is 3.39. The van der Waals surface area contributed by atoms with Gasteiger partial charge in [0.15, 0.2) is 0 Å². The molecule has 1 aliphatic carbocycles. The Bertz CT molecular complexity index is 57.4. The van der Waals surface area contributed by atoms with E-state index in [0.29, 0.717) is 0 Å². The summed E-state index contributed by atoms with van der Waals surface area (Å²) in [4.78, 5) is 0. The van der Waals surface area contributed by atoms with Crippen molar-refractivity contribution >= 4 is 11.8 Å². The Kier molecular flexibility index (Phi) is 2.74. The molecule has 0 N–H and O–H groups in total. The Morgan fingerprint density at radius 3 is 2.62 bits per heavy atom. The topological polar surface area (TPSA) is 0 Å². The van der Waals surface area contributed by atoms with Crippen molar-refractivity contribution in [1.82, 2.24) is 0 Å². The fourth-order valence-electron chi connectivity index (χ4n) is 0.822. The molecule has 1 saturated carbocycles. The minimum absolute atomic E-state index is 1.05. The zero-order valence-corrected chi connectivity index (χ0v) is 6.34. The van der Waals surface area contributed by atoms with Gasteiger partial charge >= 0.3 is 0 Å². The fourth-order valence-corrected chi connectivity index (χ4v) is 2.06. The average Bonchev–Trinajstić information content (AvgIpc) is 1.63. The van der Waals surface area contributed by atoms with Gasteiger partial charge in [-0.2, -0.15) is 11.8 Å². The van der Waals surface area contributed by atoms with Gasteiger partial charge in [0.25, 0.3) is 0 Å². The molecule has 0 spiro atoms. The van der Waals surface area contributed by atoms with E-state index >= 15 is 0 Å². The van der Waals surface area contributed by atoms with Crippen LogP contribution in [0.4, 0.5) is 0 Å². The Balaban J connectivity index is 1.86. The second-order valence-electron chi connectivity index (χ2n) is 2.42. The van der Waals surface area contributed by atoms with Crippen LogP contribution < -0.4 is 0 Å². The fraction of sp³-hybridized carbons (Fsp3) is 1.00. The molecule has 1 fully saturated rings. The lowest BCUT2D eigenvalue weighted by atomic mass is 10.0. The third kappa shape index (κ3) is 1.70. The lowest BCUT2D eigenvalue weighted by Gasteiger charge is -2.24. The van der Waals surface area contributed by atoms with Crippen LogP contribution in [0.1, 0.15) is 32.6 Å². The Labute approximate surface area is 56.0 Å². The Morgan fingerprint density at radius 2 is 2.25 bits per heavy atom. The van der Waals surface area contributed by atoms with Gasteiger partial charge in [-0.05, 0) is 25.0 Å². The lowest BCUT2D eigenvalue weighted by molar-refractivity contribution is 0.522. The molecular formula is C7H14S. The minimum atomic E-state index is 1.05. The molecule has 48 valence electrons. The van der Waals surface area contributed by atoms with E-state index in [4.69, 9.17) is 0 Å². The smallest absolute Gasteiger partial charge is 0.00470 e. The molecule has 1 rings (SSSR count). The van der Waals surface area contributed by atoms with Crippen molar-refractivity contribution in [1.29, 1.82) is 0 Å². The van der Waals surface area contributed by atoms with Gasteiger partial charge in [0.1, 0.15) is 0 Å². The minimum Gasteiger partial charge on any atom is -0.159 e. The van der Waals surface area contributed by atoms with Gasteiger partial charge in [0.05, 0.1) is 0 Å². The first-order valence-corrected chi connectivity index (χ1v) is 4.60. The average molecular weight is 130 g/mol. The molecule has 0 radical (unpaired) electrons. The molecular weight excluding hydrogens is 116 g/mol. The number of hydrogen-bond donors (Lipinski definition) is 0. The van der Waals surface area contributed by atoms with Gasteiger partial charge in [0, 0.05) is 5.25 Å². The van der Waals surface area contributed by atoms with E-state index < -0.39 is 0 Å². The summed E-state index contributed by atoms with van der Waals surface area (Å²) in [5.74, 6) is 1.38. The van der Waals surface area contributed by atoms with Gasteiger partial charge < -0.3 is 0 Å². The van der Waals surface area contributed by atoms with Gasteiger partial charge in [-0.15, -0.1) is 0 Å². The zero-order valence-electron chi connectivity index (χ0n) is 5.52. The van der Waals surface area contributed by atoms with E-state index in [0.717, 1.165) is 5.25 Å². The van der Waals surface area contributed by atoms with Crippen molar-refractivity contribution in [3.05, 3.63) is 0 Å². The van der Waals surface area contributed by atoms with Crippen LogP contribution in [0.15, 0.2) is 0 Å². The SMILES string of the molecule is CCCSC1CCC1. The van der Waals surface area contributed by atoms with Crippen LogP contribution in [-0.2, 0) is 0 Å². The maximum atomic E-state index is 2.26. The largest absolute Gasteiger partial charge is 0.159 e. The molecule has 0 unspecified atom stereocenters. The highest BCUT2D eigenvalue weighted by atomic mass is 32.2. The van der Waals surface area contributed by atoms with E-state index in [1.165, 1.54) is 31.4 Å². The van der Waals surface area contributed by atoms with Crippen LogP contribution in [0.25, 0.3) is 0 Å². The summed E-state index contributed by atoms with van der Waals surface area (Å²) < 4.78 is 0. The first-order chi connectivity index (χ1) is 3.93. The third-order valence-electron chi connectivity index (χ3n) is 1.61. The Hall–Kier alpha value is 0.350. The normalized spacial score (nSPS) is 20.6. The van der Waals surface area contributed by atoms with Crippen LogP contribution in [0, 0.1) is 0 Å². The third-order valence-corrected chi connectivity index (χ3v) is 3.20. The molecule has 0 saturated heterocycles. The lowest BCUT2D eigenvalue weighted by Crippen LogP contribution is -2.13. The standard InChI is InChI=1S/C7H14S/c1-2-6-8-7-4-3-5-7/h7H,2-6H2,1H3. The van der Waals surface area contributed by atoms with Crippen LogP contribution in [-0.4, -0.2) is 11.0 Å². The molecule has 0 amide bonds. The van der Waals surface area contributed by atoms with Crippen LogP contribution >= 0.6 is 11.8 Å². The monoisotopic (exact) mass is 130 g/mol. The first-order valence-electron chi connectivity index (χ1n) is 3.55. The quantitative estimate of drug-likeness (QED) is 0.566. The molecule has 0 nitrogen and oxygen atoms in total. The van der Waals surface area contributed by atoms with Crippen molar-refractivity contribution in [2.24, 2.45) is 0 Å². The van der Waals surface area contributed by atoms with Gasteiger partial charge in [0.2, 0.25) is 0 Å². The molecule has 0 heterocycles. The van der Waals surface area contributed by atoms with E-state index in [2.05, 4.69) is 18.7 Å². The predicted octanol–water partition coefficient (Wildman–Crippen LogP) is 2.68. The van der Waals surface area contributed by atoms with Gasteiger partial charge in [-0.25, -0.2) is 0 Å². The molecule has 1 heteroatoms. The molecule has 1 aliphatic rings. The molecule has 0 aliphatic heterocycles. The van der Waals surface area contributed by atoms with Gasteiger partial charge in [-0.1, -0.05) is 13.3 Å². The molecule has 0 aromatic rings. The van der Waals surface area contributed by atoms with Crippen molar-refractivity contribution in [3.63, 3.8) is 0 Å². The van der Waals surface area contributed by atoms with Crippen molar-refractivity contribution in [2.75, 3.05) is 5.75 Å². The van der Waals surface area contributed by atoms with E-state index in [1.54, 1.807) is 0 Å². The van der Waals surface area contributed by atoms with Crippen molar-refractivity contribution in [2.45, 2.75) is 37.9 Å². The van der Waals surface area contributed by atoms with Crippen LogP contribution in [0.5, 0.6) is 0 Å². The maximum absolute atomic E-state index is 2.26.